The molecule has 0 saturated carbocycles. The van der Waals surface area contributed by atoms with E-state index in [1.54, 1.807) is 17.9 Å². The summed E-state index contributed by atoms with van der Waals surface area (Å²) in [6, 6.07) is 5.41. The van der Waals surface area contributed by atoms with E-state index in [1.807, 2.05) is 26.0 Å². The highest BCUT2D eigenvalue weighted by Gasteiger charge is 2.26. The maximum atomic E-state index is 12.4. The molecule has 1 aromatic carbocycles. The summed E-state index contributed by atoms with van der Waals surface area (Å²) in [6.07, 6.45) is 1.39. The molecule has 1 aliphatic rings. The van der Waals surface area contributed by atoms with E-state index < -0.39 is 0 Å². The van der Waals surface area contributed by atoms with Crippen molar-refractivity contribution in [2.24, 2.45) is 5.92 Å². The Morgan fingerprint density at radius 1 is 1.12 bits per heavy atom. The van der Waals surface area contributed by atoms with Gasteiger partial charge in [0.2, 0.25) is 11.8 Å². The van der Waals surface area contributed by atoms with Crippen LogP contribution in [0.25, 0.3) is 0 Å². The SMILES string of the molecule is CCOc1ccc(NC(=O)C2CCN(C(C)=O)CC2)cc1OCC. The summed E-state index contributed by atoms with van der Waals surface area (Å²) >= 11 is 0. The van der Waals surface area contributed by atoms with Crippen molar-refractivity contribution in [3.8, 4) is 11.5 Å². The smallest absolute Gasteiger partial charge is 0.227 e. The number of ether oxygens (including phenoxy) is 2. The molecule has 0 unspecified atom stereocenters. The van der Waals surface area contributed by atoms with E-state index in [1.165, 1.54) is 0 Å². The van der Waals surface area contributed by atoms with Crippen molar-refractivity contribution in [3.63, 3.8) is 0 Å². The van der Waals surface area contributed by atoms with Crippen LogP contribution in [0, 0.1) is 5.92 Å². The van der Waals surface area contributed by atoms with Crippen molar-refractivity contribution in [2.75, 3.05) is 31.6 Å². The third-order valence-electron chi connectivity index (χ3n) is 4.12. The second-order valence-corrected chi connectivity index (χ2v) is 5.80. The Morgan fingerprint density at radius 2 is 1.75 bits per heavy atom. The molecule has 6 heteroatoms. The van der Waals surface area contributed by atoms with Crippen LogP contribution in [0.15, 0.2) is 18.2 Å². The van der Waals surface area contributed by atoms with Gasteiger partial charge in [-0.2, -0.15) is 0 Å². The highest BCUT2D eigenvalue weighted by atomic mass is 16.5. The topological polar surface area (TPSA) is 67.9 Å². The maximum absolute atomic E-state index is 12.4. The minimum absolute atomic E-state index is 0.00943. The van der Waals surface area contributed by atoms with Gasteiger partial charge in [0, 0.05) is 37.7 Å². The van der Waals surface area contributed by atoms with Gasteiger partial charge < -0.3 is 19.7 Å². The molecule has 2 rings (SSSR count). The first kappa shape index (κ1) is 18.1. The van der Waals surface area contributed by atoms with Gasteiger partial charge in [0.1, 0.15) is 0 Å². The second kappa shape index (κ2) is 8.57. The van der Waals surface area contributed by atoms with Gasteiger partial charge >= 0.3 is 0 Å². The van der Waals surface area contributed by atoms with Gasteiger partial charge in [-0.3, -0.25) is 9.59 Å². The van der Waals surface area contributed by atoms with Gasteiger partial charge in [-0.1, -0.05) is 0 Å². The molecule has 1 heterocycles. The van der Waals surface area contributed by atoms with E-state index >= 15 is 0 Å². The Kier molecular flexibility index (Phi) is 6.46. The molecule has 0 spiro atoms. The maximum Gasteiger partial charge on any atom is 0.227 e. The standard InChI is InChI=1S/C18H26N2O4/c1-4-23-16-7-6-15(12-17(16)24-5-2)19-18(22)14-8-10-20(11-9-14)13(3)21/h6-7,12,14H,4-5,8-11H2,1-3H3,(H,19,22). The molecule has 0 aromatic heterocycles. The van der Waals surface area contributed by atoms with E-state index in [2.05, 4.69) is 5.32 Å². The van der Waals surface area contributed by atoms with Crippen molar-refractivity contribution in [3.05, 3.63) is 18.2 Å². The molecule has 1 aromatic rings. The zero-order valence-electron chi connectivity index (χ0n) is 14.6. The Balaban J connectivity index is 1.98. The lowest BCUT2D eigenvalue weighted by Gasteiger charge is -2.30. The predicted octanol–water partition coefficient (Wildman–Crippen LogP) is 2.68. The van der Waals surface area contributed by atoms with Gasteiger partial charge in [-0.15, -0.1) is 0 Å². The number of piperidine rings is 1. The molecule has 0 atom stereocenters. The van der Waals surface area contributed by atoms with Crippen LogP contribution in [0.2, 0.25) is 0 Å². The lowest BCUT2D eigenvalue weighted by Crippen LogP contribution is -2.40. The monoisotopic (exact) mass is 334 g/mol. The number of amides is 2. The number of anilines is 1. The average molecular weight is 334 g/mol. The number of likely N-dealkylation sites (tertiary alicyclic amines) is 1. The minimum atomic E-state index is -0.0669. The van der Waals surface area contributed by atoms with Gasteiger partial charge in [-0.05, 0) is 38.8 Å². The first-order valence-corrected chi connectivity index (χ1v) is 8.51. The first-order chi connectivity index (χ1) is 11.5. The van der Waals surface area contributed by atoms with Crippen LogP contribution in [0.3, 0.4) is 0 Å². The number of nitrogens with zero attached hydrogens (tertiary/aromatic N) is 1. The molecule has 1 fully saturated rings. The zero-order valence-corrected chi connectivity index (χ0v) is 14.6. The van der Waals surface area contributed by atoms with E-state index in [0.717, 1.165) is 0 Å². The lowest BCUT2D eigenvalue weighted by atomic mass is 9.96. The third-order valence-corrected chi connectivity index (χ3v) is 4.12. The Hall–Kier alpha value is -2.24. The number of rotatable bonds is 6. The number of nitrogens with one attached hydrogen (secondary N) is 1. The molecule has 1 aliphatic heterocycles. The van der Waals surface area contributed by atoms with Gasteiger partial charge in [-0.25, -0.2) is 0 Å². The Labute approximate surface area is 143 Å². The molecule has 132 valence electrons. The third kappa shape index (κ3) is 4.63. The van der Waals surface area contributed by atoms with E-state index in [4.69, 9.17) is 9.47 Å². The summed E-state index contributed by atoms with van der Waals surface area (Å²) in [5.74, 6) is 1.30. The lowest BCUT2D eigenvalue weighted by molar-refractivity contribution is -0.132. The van der Waals surface area contributed by atoms with Crippen molar-refractivity contribution in [1.29, 1.82) is 0 Å². The fraction of sp³-hybridized carbons (Fsp3) is 0.556. The van der Waals surface area contributed by atoms with E-state index in [-0.39, 0.29) is 17.7 Å². The van der Waals surface area contributed by atoms with Gasteiger partial charge in [0.05, 0.1) is 13.2 Å². The van der Waals surface area contributed by atoms with Crippen LogP contribution in [-0.2, 0) is 9.59 Å². The van der Waals surface area contributed by atoms with Crippen molar-refractivity contribution in [1.82, 2.24) is 4.90 Å². The zero-order chi connectivity index (χ0) is 17.5. The summed E-state index contributed by atoms with van der Waals surface area (Å²) in [7, 11) is 0. The van der Waals surface area contributed by atoms with Crippen LogP contribution < -0.4 is 14.8 Å². The second-order valence-electron chi connectivity index (χ2n) is 5.80. The fourth-order valence-corrected chi connectivity index (χ4v) is 2.83. The summed E-state index contributed by atoms with van der Waals surface area (Å²) < 4.78 is 11.1. The summed E-state index contributed by atoms with van der Waals surface area (Å²) in [5.41, 5.74) is 0.695. The average Bonchev–Trinajstić information content (AvgIpc) is 2.57. The first-order valence-electron chi connectivity index (χ1n) is 8.51. The number of hydrogen-bond acceptors (Lipinski definition) is 4. The fourth-order valence-electron chi connectivity index (χ4n) is 2.83. The van der Waals surface area contributed by atoms with Crippen LogP contribution in [0.4, 0.5) is 5.69 Å². The highest BCUT2D eigenvalue weighted by molar-refractivity contribution is 5.93. The number of hydrogen-bond donors (Lipinski definition) is 1. The van der Waals surface area contributed by atoms with Crippen molar-refractivity contribution in [2.45, 2.75) is 33.6 Å². The predicted molar refractivity (Wildman–Crippen MR) is 92.4 cm³/mol. The van der Waals surface area contributed by atoms with Crippen LogP contribution in [0.5, 0.6) is 11.5 Å². The van der Waals surface area contributed by atoms with Gasteiger partial charge in [0.15, 0.2) is 11.5 Å². The molecule has 6 nitrogen and oxygen atoms in total. The quantitative estimate of drug-likeness (QED) is 0.868. The molecular weight excluding hydrogens is 308 g/mol. The normalized spacial score (nSPS) is 15.0. The molecule has 0 aliphatic carbocycles. The Morgan fingerprint density at radius 3 is 2.33 bits per heavy atom. The molecule has 24 heavy (non-hydrogen) atoms. The highest BCUT2D eigenvalue weighted by Crippen LogP contribution is 2.31. The number of carbonyl (C=O) groups is 2. The van der Waals surface area contributed by atoms with Crippen LogP contribution >= 0.6 is 0 Å². The summed E-state index contributed by atoms with van der Waals surface area (Å²) in [4.78, 5) is 25.6. The minimum Gasteiger partial charge on any atom is -0.490 e. The van der Waals surface area contributed by atoms with E-state index in [9.17, 15) is 9.59 Å². The Bertz CT molecular complexity index is 580. The van der Waals surface area contributed by atoms with E-state index in [0.29, 0.717) is 56.3 Å². The van der Waals surface area contributed by atoms with Crippen LogP contribution in [0.1, 0.15) is 33.6 Å². The summed E-state index contributed by atoms with van der Waals surface area (Å²) in [6.45, 7) is 7.75. The molecule has 1 N–H and O–H groups in total. The molecule has 1 saturated heterocycles. The number of benzene rings is 1. The van der Waals surface area contributed by atoms with Crippen molar-refractivity contribution >= 4 is 17.5 Å². The van der Waals surface area contributed by atoms with Crippen molar-refractivity contribution < 1.29 is 19.1 Å². The van der Waals surface area contributed by atoms with Gasteiger partial charge in [0.25, 0.3) is 0 Å². The molecule has 2 amide bonds. The number of carbonyl (C=O) groups excluding carboxylic acids is 2. The molecular formula is C18H26N2O4. The largest absolute Gasteiger partial charge is 0.490 e. The molecule has 0 radical (unpaired) electrons. The summed E-state index contributed by atoms with van der Waals surface area (Å²) in [5, 5.41) is 2.95. The molecule has 0 bridgehead atoms. The van der Waals surface area contributed by atoms with Crippen LogP contribution in [-0.4, -0.2) is 43.0 Å².